The summed E-state index contributed by atoms with van der Waals surface area (Å²) in [7, 11) is 1.62. The third-order valence-electron chi connectivity index (χ3n) is 6.91. The lowest BCUT2D eigenvalue weighted by Crippen LogP contribution is -2.29. The zero-order valence-corrected chi connectivity index (χ0v) is 25.4. The Hall–Kier alpha value is -4.59. The Bertz CT molecular complexity index is 1660. The number of anilines is 1. The summed E-state index contributed by atoms with van der Waals surface area (Å²) in [5.74, 6) is 1.74. The number of methoxy groups -OCH3 is 1. The van der Waals surface area contributed by atoms with E-state index in [0.717, 1.165) is 22.8 Å². The molecule has 45 heavy (non-hydrogen) atoms. The Balaban J connectivity index is 1.19. The van der Waals surface area contributed by atoms with Crippen molar-refractivity contribution in [3.63, 3.8) is 0 Å². The topological polar surface area (TPSA) is 93.9 Å². The highest BCUT2D eigenvalue weighted by Gasteiger charge is 2.31. The minimum atomic E-state index is -4.78. The summed E-state index contributed by atoms with van der Waals surface area (Å²) in [6, 6.07) is 16.8. The van der Waals surface area contributed by atoms with Crippen LogP contribution < -0.4 is 19.7 Å². The van der Waals surface area contributed by atoms with Gasteiger partial charge in [-0.1, -0.05) is 49.9 Å². The van der Waals surface area contributed by atoms with Crippen molar-refractivity contribution in [1.82, 2.24) is 20.1 Å². The van der Waals surface area contributed by atoms with Crippen LogP contribution in [0.25, 0.3) is 17.1 Å². The van der Waals surface area contributed by atoms with Crippen LogP contribution in [0.2, 0.25) is 0 Å². The van der Waals surface area contributed by atoms with Crippen LogP contribution in [0.3, 0.4) is 0 Å². The number of amidine groups is 1. The van der Waals surface area contributed by atoms with Gasteiger partial charge in [0.15, 0.2) is 11.0 Å². The molecule has 0 spiro atoms. The molecule has 1 aliphatic heterocycles. The van der Waals surface area contributed by atoms with Crippen LogP contribution >= 0.6 is 11.8 Å². The lowest BCUT2D eigenvalue weighted by atomic mass is 10.00. The number of halogens is 4. The van der Waals surface area contributed by atoms with Crippen LogP contribution in [0.5, 0.6) is 11.5 Å². The van der Waals surface area contributed by atoms with E-state index in [4.69, 9.17) is 4.74 Å². The Morgan fingerprint density at radius 3 is 2.44 bits per heavy atom. The molecular formula is C31H30F4N6O3S. The highest BCUT2D eigenvalue weighted by atomic mass is 32.2. The zero-order valence-electron chi connectivity index (χ0n) is 24.6. The first-order chi connectivity index (χ1) is 21.5. The lowest BCUT2D eigenvalue weighted by Gasteiger charge is -2.23. The van der Waals surface area contributed by atoms with Crippen LogP contribution in [0.1, 0.15) is 37.1 Å². The molecule has 2 amide bonds. The first-order valence-corrected chi connectivity index (χ1v) is 15.0. The van der Waals surface area contributed by atoms with Crippen molar-refractivity contribution < 1.29 is 31.8 Å². The molecule has 1 fully saturated rings. The molecule has 1 aliphatic rings. The van der Waals surface area contributed by atoms with Gasteiger partial charge in [-0.25, -0.2) is 18.9 Å². The van der Waals surface area contributed by atoms with Crippen molar-refractivity contribution in [3.05, 3.63) is 84.2 Å². The number of aromatic nitrogens is 3. The predicted octanol–water partition coefficient (Wildman–Crippen LogP) is 7.29. The van der Waals surface area contributed by atoms with E-state index >= 15 is 4.39 Å². The molecule has 1 unspecified atom stereocenters. The molecule has 236 valence electrons. The molecule has 0 saturated carbocycles. The number of carbonyl (C=O) groups is 1. The second-order valence-electron chi connectivity index (χ2n) is 10.3. The van der Waals surface area contributed by atoms with Gasteiger partial charge < -0.3 is 19.7 Å². The third-order valence-corrected chi connectivity index (χ3v) is 7.87. The monoisotopic (exact) mass is 642 g/mol. The van der Waals surface area contributed by atoms with Gasteiger partial charge in [-0.15, -0.1) is 18.3 Å². The maximum absolute atomic E-state index is 15.1. The summed E-state index contributed by atoms with van der Waals surface area (Å²) in [5, 5.41) is 7.47. The standard InChI is InChI=1S/C31H30F4N6O3S/c1-19(2)25-16-24(43-3)12-13-27(25)40-14-15-45-30(40)38-29(42)36-17-26(32)20-4-6-21(7-5-20)28-37-18-41(39-28)22-8-10-23(11-9-22)44-31(33,34)35/h4-13,16,18-19,26H,14-15,17H2,1-3H3,(H,36,42)/b38-30-. The molecule has 1 saturated heterocycles. The Labute approximate surface area is 261 Å². The number of thioether (sulfide) groups is 1. The van der Waals surface area contributed by atoms with E-state index in [-0.39, 0.29) is 18.2 Å². The van der Waals surface area contributed by atoms with E-state index in [1.54, 1.807) is 31.4 Å². The van der Waals surface area contributed by atoms with Gasteiger partial charge >= 0.3 is 12.4 Å². The van der Waals surface area contributed by atoms with Gasteiger partial charge in [-0.2, -0.15) is 4.99 Å². The van der Waals surface area contributed by atoms with E-state index in [2.05, 4.69) is 39.0 Å². The molecule has 1 N–H and O–H groups in total. The van der Waals surface area contributed by atoms with Gasteiger partial charge in [0.2, 0.25) is 0 Å². The highest BCUT2D eigenvalue weighted by Crippen LogP contribution is 2.35. The van der Waals surface area contributed by atoms with Crippen molar-refractivity contribution in [2.75, 3.05) is 30.9 Å². The molecule has 1 atom stereocenters. The molecule has 9 nitrogen and oxygen atoms in total. The smallest absolute Gasteiger partial charge is 0.497 e. The number of alkyl halides is 4. The van der Waals surface area contributed by atoms with Crippen LogP contribution in [0, 0.1) is 0 Å². The number of amides is 2. The number of nitrogens with zero attached hydrogens (tertiary/aromatic N) is 5. The van der Waals surface area contributed by atoms with E-state index < -0.39 is 18.6 Å². The van der Waals surface area contributed by atoms with E-state index in [9.17, 15) is 18.0 Å². The van der Waals surface area contributed by atoms with Gasteiger partial charge in [0, 0.05) is 23.5 Å². The van der Waals surface area contributed by atoms with Gasteiger partial charge in [0.05, 0.1) is 19.3 Å². The SMILES string of the molecule is COc1ccc(N2CCS/C2=N\C(=O)NCC(F)c2ccc(-c3ncn(-c4ccc(OC(F)(F)F)cc4)n3)cc2)c(C(C)C)c1. The quantitative estimate of drug-likeness (QED) is 0.192. The summed E-state index contributed by atoms with van der Waals surface area (Å²) in [4.78, 5) is 23.1. The summed E-state index contributed by atoms with van der Waals surface area (Å²) in [6.07, 6.45) is -4.84. The fourth-order valence-electron chi connectivity index (χ4n) is 4.67. The summed E-state index contributed by atoms with van der Waals surface area (Å²) < 4.78 is 62.9. The summed E-state index contributed by atoms with van der Waals surface area (Å²) in [6.45, 7) is 4.60. The minimum absolute atomic E-state index is 0.225. The number of rotatable bonds is 9. The molecule has 4 aromatic rings. The Morgan fingerprint density at radius 2 is 1.78 bits per heavy atom. The van der Waals surface area contributed by atoms with Crippen molar-refractivity contribution in [3.8, 4) is 28.6 Å². The second kappa shape index (κ2) is 13.6. The molecule has 3 aromatic carbocycles. The third kappa shape index (κ3) is 7.93. The predicted molar refractivity (Wildman–Crippen MR) is 165 cm³/mol. The molecule has 0 radical (unpaired) electrons. The first kappa shape index (κ1) is 31.8. The molecule has 2 heterocycles. The summed E-state index contributed by atoms with van der Waals surface area (Å²) >= 11 is 1.47. The fraction of sp³-hybridized carbons (Fsp3) is 0.290. The Kier molecular flexibility index (Phi) is 9.61. The molecule has 0 bridgehead atoms. The Morgan fingerprint density at radius 1 is 1.07 bits per heavy atom. The van der Waals surface area contributed by atoms with Crippen LogP contribution in [0.15, 0.2) is 78.0 Å². The average Bonchev–Trinajstić information content (AvgIpc) is 3.69. The molecule has 5 rings (SSSR count). The number of hydrogen-bond acceptors (Lipinski definition) is 6. The van der Waals surface area contributed by atoms with Gasteiger partial charge in [-0.05, 0) is 59.5 Å². The van der Waals surface area contributed by atoms with Crippen LogP contribution in [-0.4, -0.2) is 58.3 Å². The van der Waals surface area contributed by atoms with Crippen molar-refractivity contribution in [2.24, 2.45) is 4.99 Å². The van der Waals surface area contributed by atoms with Crippen LogP contribution in [0.4, 0.5) is 28.0 Å². The molecule has 1 aromatic heterocycles. The molecular weight excluding hydrogens is 612 g/mol. The number of aliphatic imine (C=N–C) groups is 1. The number of ether oxygens (including phenoxy) is 2. The number of nitrogens with one attached hydrogen (secondary N) is 1. The lowest BCUT2D eigenvalue weighted by molar-refractivity contribution is -0.274. The van der Waals surface area contributed by atoms with Crippen LogP contribution in [-0.2, 0) is 0 Å². The number of carbonyl (C=O) groups excluding carboxylic acids is 1. The largest absolute Gasteiger partial charge is 0.573 e. The second-order valence-corrected chi connectivity index (χ2v) is 11.4. The van der Waals surface area contributed by atoms with E-state index in [1.165, 1.54) is 47.0 Å². The van der Waals surface area contributed by atoms with Gasteiger partial charge in [0.1, 0.15) is 24.0 Å². The highest BCUT2D eigenvalue weighted by molar-refractivity contribution is 8.14. The molecule has 14 heteroatoms. The maximum atomic E-state index is 15.1. The maximum Gasteiger partial charge on any atom is 0.573 e. The fourth-order valence-corrected chi connectivity index (χ4v) is 5.62. The molecule has 0 aliphatic carbocycles. The van der Waals surface area contributed by atoms with Crippen molar-refractivity contribution in [2.45, 2.75) is 32.3 Å². The van der Waals surface area contributed by atoms with E-state index in [0.29, 0.717) is 34.4 Å². The van der Waals surface area contributed by atoms with Crippen molar-refractivity contribution >= 4 is 28.6 Å². The van der Waals surface area contributed by atoms with Crippen molar-refractivity contribution in [1.29, 1.82) is 0 Å². The van der Waals surface area contributed by atoms with Gasteiger partial charge in [-0.3, -0.25) is 0 Å². The normalized spacial score (nSPS) is 15.0. The number of urea groups is 1. The average molecular weight is 643 g/mol. The number of hydrogen-bond donors (Lipinski definition) is 1. The first-order valence-electron chi connectivity index (χ1n) is 14.0. The zero-order chi connectivity index (χ0) is 32.1. The number of benzene rings is 3. The van der Waals surface area contributed by atoms with Gasteiger partial charge in [0.25, 0.3) is 0 Å². The van der Waals surface area contributed by atoms with E-state index in [1.807, 2.05) is 23.1 Å². The minimum Gasteiger partial charge on any atom is -0.497 e. The summed E-state index contributed by atoms with van der Waals surface area (Å²) in [5.41, 5.74) is 3.47.